The Morgan fingerprint density at radius 3 is 2.90 bits per heavy atom. The summed E-state index contributed by atoms with van der Waals surface area (Å²) in [6.45, 7) is 0. The number of hydrogen-bond donors (Lipinski definition) is 1. The molecule has 0 spiro atoms. The van der Waals surface area contributed by atoms with E-state index in [1.54, 1.807) is 0 Å². The van der Waals surface area contributed by atoms with Crippen LogP contribution in [0, 0.1) is 11.7 Å². The van der Waals surface area contributed by atoms with Crippen LogP contribution >= 0.6 is 11.6 Å². The normalized spacial score (nSPS) is 21.6. The van der Waals surface area contributed by atoms with Crippen molar-refractivity contribution in [3.05, 3.63) is 34.9 Å². The highest BCUT2D eigenvalue weighted by Gasteiger charge is 2.33. The monoisotopic (exact) mass is 310 g/mol. The largest absolute Gasteiger partial charge is 0.481 e. The molecule has 1 aliphatic rings. The Balaban J connectivity index is 1.80. The van der Waals surface area contributed by atoms with Gasteiger partial charge in [-0.25, -0.2) is 4.39 Å². The fourth-order valence-electron chi connectivity index (χ4n) is 2.58. The Labute approximate surface area is 124 Å². The van der Waals surface area contributed by atoms with Gasteiger partial charge < -0.3 is 9.63 Å². The second-order valence-electron chi connectivity index (χ2n) is 5.13. The second-order valence-corrected chi connectivity index (χ2v) is 5.54. The summed E-state index contributed by atoms with van der Waals surface area (Å²) < 4.78 is 18.3. The lowest BCUT2D eigenvalue weighted by Gasteiger charge is -2.02. The van der Waals surface area contributed by atoms with E-state index in [0.29, 0.717) is 36.5 Å². The fraction of sp³-hybridized carbons (Fsp3) is 0.357. The number of aliphatic carboxylic acids is 1. The fourth-order valence-corrected chi connectivity index (χ4v) is 2.76. The number of carboxylic acid groups (broad SMARTS) is 1. The molecule has 0 amide bonds. The summed E-state index contributed by atoms with van der Waals surface area (Å²) in [5.74, 6) is -0.944. The van der Waals surface area contributed by atoms with Crippen LogP contribution in [0.5, 0.6) is 0 Å². The maximum atomic E-state index is 13.1. The molecule has 7 heteroatoms. The van der Waals surface area contributed by atoms with Crippen LogP contribution in [0.1, 0.15) is 31.1 Å². The zero-order valence-corrected chi connectivity index (χ0v) is 11.7. The van der Waals surface area contributed by atoms with Crippen molar-refractivity contribution in [1.29, 1.82) is 0 Å². The zero-order chi connectivity index (χ0) is 15.0. The SMILES string of the molecule is O=C(O)C1CCC(c2nc(-c3ccc(F)c(Cl)c3)no2)C1. The molecule has 5 nitrogen and oxygen atoms in total. The van der Waals surface area contributed by atoms with Gasteiger partial charge in [0.15, 0.2) is 0 Å². The van der Waals surface area contributed by atoms with Crippen molar-refractivity contribution in [3.8, 4) is 11.4 Å². The topological polar surface area (TPSA) is 76.2 Å². The highest BCUT2D eigenvalue weighted by Crippen LogP contribution is 2.38. The Morgan fingerprint density at radius 1 is 1.43 bits per heavy atom. The minimum Gasteiger partial charge on any atom is -0.481 e. The van der Waals surface area contributed by atoms with E-state index < -0.39 is 11.8 Å². The molecule has 1 aromatic carbocycles. The number of carbonyl (C=O) groups is 1. The van der Waals surface area contributed by atoms with E-state index in [1.165, 1.54) is 18.2 Å². The van der Waals surface area contributed by atoms with Crippen molar-refractivity contribution in [3.63, 3.8) is 0 Å². The average molecular weight is 311 g/mol. The molecule has 110 valence electrons. The molecule has 1 aliphatic carbocycles. The first-order valence-electron chi connectivity index (χ1n) is 6.56. The number of carboxylic acids is 1. The Hall–Kier alpha value is -1.95. The van der Waals surface area contributed by atoms with Gasteiger partial charge in [-0.3, -0.25) is 4.79 Å². The van der Waals surface area contributed by atoms with Gasteiger partial charge in [-0.1, -0.05) is 16.8 Å². The molecular weight excluding hydrogens is 299 g/mol. The van der Waals surface area contributed by atoms with Crippen LogP contribution in [0.25, 0.3) is 11.4 Å². The number of benzene rings is 1. The first-order chi connectivity index (χ1) is 10.0. The predicted octanol–water partition coefficient (Wildman–Crippen LogP) is 3.50. The molecule has 21 heavy (non-hydrogen) atoms. The summed E-state index contributed by atoms with van der Waals surface area (Å²) >= 11 is 5.73. The first kappa shape index (κ1) is 14.0. The van der Waals surface area contributed by atoms with Crippen molar-refractivity contribution in [2.75, 3.05) is 0 Å². The van der Waals surface area contributed by atoms with E-state index in [9.17, 15) is 9.18 Å². The summed E-state index contributed by atoms with van der Waals surface area (Å²) in [6, 6.07) is 4.19. The third-order valence-electron chi connectivity index (χ3n) is 3.75. The summed E-state index contributed by atoms with van der Waals surface area (Å²) in [6.07, 6.45) is 1.82. The van der Waals surface area contributed by atoms with Gasteiger partial charge in [0, 0.05) is 11.5 Å². The van der Waals surface area contributed by atoms with E-state index in [1.807, 2.05) is 0 Å². The van der Waals surface area contributed by atoms with Crippen LogP contribution in [0.15, 0.2) is 22.7 Å². The first-order valence-corrected chi connectivity index (χ1v) is 6.94. The molecule has 1 heterocycles. The standard InChI is InChI=1S/C14H12ClFN2O3/c15-10-6-7(3-4-11(10)16)12-17-13(21-18-12)8-1-2-9(5-8)14(19)20/h3-4,6,8-9H,1-2,5H2,(H,19,20). The van der Waals surface area contributed by atoms with E-state index in [2.05, 4.69) is 10.1 Å². The lowest BCUT2D eigenvalue weighted by Crippen LogP contribution is -2.09. The smallest absolute Gasteiger partial charge is 0.306 e. The van der Waals surface area contributed by atoms with Gasteiger partial charge in [0.05, 0.1) is 10.9 Å². The van der Waals surface area contributed by atoms with Gasteiger partial charge in [-0.15, -0.1) is 0 Å². The van der Waals surface area contributed by atoms with Crippen LogP contribution in [-0.4, -0.2) is 21.2 Å². The van der Waals surface area contributed by atoms with E-state index >= 15 is 0 Å². The van der Waals surface area contributed by atoms with Crippen LogP contribution in [0.2, 0.25) is 5.02 Å². The lowest BCUT2D eigenvalue weighted by molar-refractivity contribution is -0.141. The van der Waals surface area contributed by atoms with Crippen molar-refractivity contribution >= 4 is 17.6 Å². The van der Waals surface area contributed by atoms with E-state index in [0.717, 1.165) is 0 Å². The molecule has 0 radical (unpaired) electrons. The van der Waals surface area contributed by atoms with E-state index in [4.69, 9.17) is 21.2 Å². The maximum absolute atomic E-state index is 13.1. The molecule has 1 N–H and O–H groups in total. The number of aromatic nitrogens is 2. The van der Waals surface area contributed by atoms with Gasteiger partial charge in [-0.2, -0.15) is 4.98 Å². The summed E-state index contributed by atoms with van der Waals surface area (Å²) in [7, 11) is 0. The minimum absolute atomic E-state index is 0.00865. The second kappa shape index (κ2) is 5.44. The molecule has 2 atom stereocenters. The number of rotatable bonds is 3. The summed E-state index contributed by atoms with van der Waals surface area (Å²) in [5.41, 5.74) is 0.559. The Morgan fingerprint density at radius 2 is 2.24 bits per heavy atom. The minimum atomic E-state index is -0.789. The van der Waals surface area contributed by atoms with Gasteiger partial charge in [0.2, 0.25) is 11.7 Å². The van der Waals surface area contributed by atoms with Crippen LogP contribution in [0.4, 0.5) is 4.39 Å². The predicted molar refractivity (Wildman–Crippen MR) is 72.4 cm³/mol. The molecule has 0 saturated heterocycles. The third kappa shape index (κ3) is 2.76. The van der Waals surface area contributed by atoms with Crippen LogP contribution < -0.4 is 0 Å². The van der Waals surface area contributed by atoms with Gasteiger partial charge in [-0.05, 0) is 37.5 Å². The summed E-state index contributed by atoms with van der Waals surface area (Å²) in [5, 5.41) is 12.8. The molecule has 1 aromatic heterocycles. The Bertz CT molecular complexity index is 689. The molecule has 2 unspecified atom stereocenters. The van der Waals surface area contributed by atoms with Gasteiger partial charge in [0.1, 0.15) is 5.82 Å². The van der Waals surface area contributed by atoms with Gasteiger partial charge >= 0.3 is 5.97 Å². The van der Waals surface area contributed by atoms with E-state index in [-0.39, 0.29) is 16.9 Å². The highest BCUT2D eigenvalue weighted by molar-refractivity contribution is 6.31. The lowest BCUT2D eigenvalue weighted by atomic mass is 10.1. The number of nitrogens with zero attached hydrogens (tertiary/aromatic N) is 2. The van der Waals surface area contributed by atoms with Crippen molar-refractivity contribution in [2.45, 2.75) is 25.2 Å². The molecular formula is C14H12ClFN2O3. The molecule has 2 aromatic rings. The third-order valence-corrected chi connectivity index (χ3v) is 4.04. The van der Waals surface area contributed by atoms with Gasteiger partial charge in [0.25, 0.3) is 0 Å². The Kier molecular flexibility index (Phi) is 3.63. The van der Waals surface area contributed by atoms with Crippen molar-refractivity contribution in [1.82, 2.24) is 10.1 Å². The summed E-state index contributed by atoms with van der Waals surface area (Å²) in [4.78, 5) is 15.2. The molecule has 0 bridgehead atoms. The maximum Gasteiger partial charge on any atom is 0.306 e. The molecule has 1 fully saturated rings. The number of hydrogen-bond acceptors (Lipinski definition) is 4. The molecule has 1 saturated carbocycles. The molecule has 0 aliphatic heterocycles. The van der Waals surface area contributed by atoms with Crippen molar-refractivity contribution < 1.29 is 18.8 Å². The highest BCUT2D eigenvalue weighted by atomic mass is 35.5. The number of halogens is 2. The molecule has 3 rings (SSSR count). The quantitative estimate of drug-likeness (QED) is 0.939. The van der Waals surface area contributed by atoms with Crippen LogP contribution in [-0.2, 0) is 4.79 Å². The zero-order valence-electron chi connectivity index (χ0n) is 10.9. The average Bonchev–Trinajstić information content (AvgIpc) is 3.09. The van der Waals surface area contributed by atoms with Crippen LogP contribution in [0.3, 0.4) is 0 Å². The van der Waals surface area contributed by atoms with Crippen molar-refractivity contribution in [2.24, 2.45) is 5.92 Å².